The molecule has 2 amide bonds. The number of carbonyl (C=O) groups is 2. The van der Waals surface area contributed by atoms with E-state index in [1.807, 2.05) is 67.7 Å². The molecule has 11 heteroatoms. The number of rotatable bonds is 9. The Labute approximate surface area is 231 Å². The molecule has 0 saturated carbocycles. The van der Waals surface area contributed by atoms with E-state index in [-0.39, 0.29) is 11.9 Å². The second-order valence-corrected chi connectivity index (χ2v) is 11.2. The van der Waals surface area contributed by atoms with E-state index < -0.39 is 41.6 Å². The van der Waals surface area contributed by atoms with Crippen LogP contribution in [0, 0.1) is 0 Å². The van der Waals surface area contributed by atoms with Crippen LogP contribution in [0.3, 0.4) is 0 Å². The molecule has 1 aromatic heterocycles. The lowest BCUT2D eigenvalue weighted by atomic mass is 9.85. The fourth-order valence-corrected chi connectivity index (χ4v) is 6.65. The van der Waals surface area contributed by atoms with Crippen LogP contribution in [0.15, 0.2) is 67.0 Å². The van der Waals surface area contributed by atoms with E-state index in [2.05, 4.69) is 15.7 Å². The SMILES string of the molecule is CCN[C@H]1SCC1(N)[C@@H]1c2ccccc2CN1C(=O)[C@H](O)[C@@H](O)C(=O)N[C@H](C)c1ccc(-n2cccn2)cc1. The van der Waals surface area contributed by atoms with Crippen molar-refractivity contribution in [3.8, 4) is 5.69 Å². The predicted octanol–water partition coefficient (Wildman–Crippen LogP) is 1.23. The Morgan fingerprint density at radius 1 is 1.15 bits per heavy atom. The Kier molecular flexibility index (Phi) is 7.79. The minimum absolute atomic E-state index is 0.0696. The van der Waals surface area contributed by atoms with Gasteiger partial charge < -0.3 is 31.5 Å². The summed E-state index contributed by atoms with van der Waals surface area (Å²) in [6, 6.07) is 16.0. The quantitative estimate of drug-likeness (QED) is 0.268. The first-order valence-electron chi connectivity index (χ1n) is 13.0. The van der Waals surface area contributed by atoms with Crippen LogP contribution in [-0.4, -0.2) is 72.1 Å². The average molecular weight is 551 g/mol. The van der Waals surface area contributed by atoms with E-state index in [4.69, 9.17) is 5.73 Å². The van der Waals surface area contributed by atoms with Crippen molar-refractivity contribution in [2.75, 3.05) is 12.3 Å². The molecule has 0 radical (unpaired) electrons. The average Bonchev–Trinajstić information content (AvgIpc) is 3.62. The number of likely N-dealkylation sites (N-methyl/N-ethyl adjacent to an activating group) is 1. The number of nitrogens with two attached hydrogens (primary N) is 1. The molecule has 1 saturated heterocycles. The fourth-order valence-electron chi connectivity index (χ4n) is 5.36. The molecule has 0 aliphatic carbocycles. The van der Waals surface area contributed by atoms with Crippen LogP contribution in [0.1, 0.15) is 42.6 Å². The Morgan fingerprint density at radius 3 is 2.54 bits per heavy atom. The van der Waals surface area contributed by atoms with Crippen LogP contribution in [-0.2, 0) is 16.1 Å². The molecule has 6 N–H and O–H groups in total. The topological polar surface area (TPSA) is 146 Å². The molecule has 10 nitrogen and oxygen atoms in total. The maximum absolute atomic E-state index is 13.6. The van der Waals surface area contributed by atoms with Crippen molar-refractivity contribution in [3.05, 3.63) is 83.7 Å². The lowest BCUT2D eigenvalue weighted by Crippen LogP contribution is -2.70. The van der Waals surface area contributed by atoms with E-state index >= 15 is 0 Å². The zero-order valence-corrected chi connectivity index (χ0v) is 22.7. The van der Waals surface area contributed by atoms with Crippen molar-refractivity contribution in [2.24, 2.45) is 5.73 Å². The van der Waals surface area contributed by atoms with Crippen molar-refractivity contribution < 1.29 is 19.8 Å². The van der Waals surface area contributed by atoms with E-state index in [1.54, 1.807) is 29.6 Å². The van der Waals surface area contributed by atoms with Gasteiger partial charge in [0.1, 0.15) is 0 Å². The second kappa shape index (κ2) is 11.1. The molecule has 2 aliphatic rings. The zero-order chi connectivity index (χ0) is 27.7. The van der Waals surface area contributed by atoms with Gasteiger partial charge in [-0.25, -0.2) is 4.68 Å². The van der Waals surface area contributed by atoms with E-state index in [0.717, 1.165) is 28.9 Å². The van der Waals surface area contributed by atoms with Gasteiger partial charge in [0, 0.05) is 24.7 Å². The first-order chi connectivity index (χ1) is 18.7. The number of fused-ring (bicyclic) bond motifs is 1. The Bertz CT molecular complexity index is 1320. The highest BCUT2D eigenvalue weighted by atomic mass is 32.2. The van der Waals surface area contributed by atoms with Gasteiger partial charge in [0.05, 0.1) is 28.7 Å². The van der Waals surface area contributed by atoms with Crippen molar-refractivity contribution in [1.82, 2.24) is 25.3 Å². The molecule has 2 aromatic carbocycles. The number of hydrogen-bond donors (Lipinski definition) is 5. The molecule has 0 spiro atoms. The molecule has 0 bridgehead atoms. The summed E-state index contributed by atoms with van der Waals surface area (Å²) >= 11 is 1.68. The minimum Gasteiger partial charge on any atom is -0.380 e. The number of amides is 2. The summed E-state index contributed by atoms with van der Waals surface area (Å²) in [6.07, 6.45) is -0.367. The second-order valence-electron chi connectivity index (χ2n) is 10.1. The first-order valence-corrected chi connectivity index (χ1v) is 14.1. The van der Waals surface area contributed by atoms with Crippen molar-refractivity contribution in [1.29, 1.82) is 0 Å². The van der Waals surface area contributed by atoms with Crippen LogP contribution in [0.5, 0.6) is 0 Å². The largest absolute Gasteiger partial charge is 0.380 e. The van der Waals surface area contributed by atoms with Crippen molar-refractivity contribution in [3.63, 3.8) is 0 Å². The monoisotopic (exact) mass is 550 g/mol. The number of hydrogen-bond acceptors (Lipinski definition) is 8. The minimum atomic E-state index is -1.94. The molecule has 206 valence electrons. The number of carbonyl (C=O) groups excluding carboxylic acids is 2. The van der Waals surface area contributed by atoms with Crippen molar-refractivity contribution in [2.45, 2.75) is 55.6 Å². The third kappa shape index (κ3) is 5.08. The first kappa shape index (κ1) is 27.4. The van der Waals surface area contributed by atoms with Crippen LogP contribution >= 0.6 is 11.8 Å². The Hall–Kier alpha value is -3.22. The molecule has 6 atom stereocenters. The van der Waals surface area contributed by atoms with Gasteiger partial charge >= 0.3 is 0 Å². The highest BCUT2D eigenvalue weighted by Crippen LogP contribution is 2.50. The number of nitrogens with zero attached hydrogens (tertiary/aromatic N) is 3. The Balaban J connectivity index is 1.28. The lowest BCUT2D eigenvalue weighted by molar-refractivity contribution is -0.156. The van der Waals surface area contributed by atoms with Crippen LogP contribution in [0.4, 0.5) is 0 Å². The fraction of sp³-hybridized carbons (Fsp3) is 0.393. The number of thioether (sulfide) groups is 1. The summed E-state index contributed by atoms with van der Waals surface area (Å²) in [4.78, 5) is 28.0. The zero-order valence-electron chi connectivity index (χ0n) is 21.9. The standard InChI is InChI=1S/C28H34N6O4S/c1-3-30-27-28(29,16-39-27)24-21-8-5-4-7-19(21)15-33(24)26(38)23(36)22(35)25(37)32-17(2)18-9-11-20(12-10-18)34-14-6-13-31-34/h4-14,17,22-24,27,30,35-36H,3,15-16,29H2,1-2H3,(H,32,37)/t17-,22-,23-,24+,27+,28?/m1/s1. The Morgan fingerprint density at radius 2 is 1.90 bits per heavy atom. The maximum atomic E-state index is 13.6. The number of aliphatic hydroxyl groups excluding tert-OH is 2. The number of aliphatic hydroxyl groups is 2. The molecule has 3 aromatic rings. The molecular formula is C28H34N6O4S. The summed E-state index contributed by atoms with van der Waals surface area (Å²) < 4.78 is 1.72. The van der Waals surface area contributed by atoms with Crippen LogP contribution in [0.2, 0.25) is 0 Å². The van der Waals surface area contributed by atoms with Crippen molar-refractivity contribution >= 4 is 23.6 Å². The number of nitrogens with one attached hydrogen (secondary N) is 2. The normalized spacial score (nSPS) is 24.4. The lowest BCUT2D eigenvalue weighted by Gasteiger charge is -2.52. The van der Waals surface area contributed by atoms with Gasteiger partial charge in [0.2, 0.25) is 0 Å². The van der Waals surface area contributed by atoms with Gasteiger partial charge in [-0.3, -0.25) is 9.59 Å². The predicted molar refractivity (Wildman–Crippen MR) is 149 cm³/mol. The molecule has 2 aliphatic heterocycles. The summed E-state index contributed by atoms with van der Waals surface area (Å²) in [5, 5.41) is 31.8. The van der Waals surface area contributed by atoms with Gasteiger partial charge in [0.15, 0.2) is 12.2 Å². The van der Waals surface area contributed by atoms with E-state index in [9.17, 15) is 19.8 Å². The third-order valence-electron chi connectivity index (χ3n) is 7.51. The third-order valence-corrected chi connectivity index (χ3v) is 9.12. The van der Waals surface area contributed by atoms with Gasteiger partial charge in [0.25, 0.3) is 11.8 Å². The molecule has 5 rings (SSSR count). The summed E-state index contributed by atoms with van der Waals surface area (Å²) in [7, 11) is 0. The molecule has 1 fully saturated rings. The van der Waals surface area contributed by atoms with E-state index in [0.29, 0.717) is 5.75 Å². The van der Waals surface area contributed by atoms with Crippen LogP contribution < -0.4 is 16.4 Å². The van der Waals surface area contributed by atoms with E-state index in [1.165, 1.54) is 4.90 Å². The summed E-state index contributed by atoms with van der Waals surface area (Å²) in [6.45, 7) is 4.73. The highest BCUT2D eigenvalue weighted by Gasteiger charge is 2.56. The van der Waals surface area contributed by atoms with Gasteiger partial charge in [-0.1, -0.05) is 43.3 Å². The summed E-state index contributed by atoms with van der Waals surface area (Å²) in [5.74, 6) is -0.935. The molecule has 39 heavy (non-hydrogen) atoms. The molecular weight excluding hydrogens is 516 g/mol. The van der Waals surface area contributed by atoms with Gasteiger partial charge in [-0.05, 0) is 48.4 Å². The number of aromatic nitrogens is 2. The number of benzene rings is 2. The van der Waals surface area contributed by atoms with Gasteiger partial charge in [-0.15, -0.1) is 11.8 Å². The van der Waals surface area contributed by atoms with Gasteiger partial charge in [-0.2, -0.15) is 5.10 Å². The van der Waals surface area contributed by atoms with Crippen LogP contribution in [0.25, 0.3) is 5.69 Å². The summed E-state index contributed by atoms with van der Waals surface area (Å²) in [5.41, 5.74) is 9.65. The molecule has 3 heterocycles. The smallest absolute Gasteiger partial charge is 0.255 e. The highest BCUT2D eigenvalue weighted by molar-refractivity contribution is 8.01. The molecule has 1 unspecified atom stereocenters. The maximum Gasteiger partial charge on any atom is 0.255 e.